The van der Waals surface area contributed by atoms with Gasteiger partial charge in [-0.3, -0.25) is 9.10 Å². The molecule has 184 valence electrons. The Labute approximate surface area is 204 Å². The third kappa shape index (κ3) is 5.43. The number of methoxy groups -OCH3 is 2. The molecule has 35 heavy (non-hydrogen) atoms. The smallest absolute Gasteiger partial charge is 0.264 e. The second kappa shape index (κ2) is 10.6. The van der Waals surface area contributed by atoms with Crippen molar-refractivity contribution in [1.82, 2.24) is 5.32 Å². The van der Waals surface area contributed by atoms with Crippen LogP contribution in [-0.2, 0) is 14.8 Å². The van der Waals surface area contributed by atoms with Gasteiger partial charge in [-0.05, 0) is 48.5 Å². The van der Waals surface area contributed by atoms with Crippen LogP contribution in [0.4, 0.5) is 5.69 Å². The molecule has 3 aromatic rings. The number of sulfonamides is 1. The summed E-state index contributed by atoms with van der Waals surface area (Å²) >= 11 is 0. The van der Waals surface area contributed by atoms with Crippen molar-refractivity contribution in [1.29, 1.82) is 0 Å². The van der Waals surface area contributed by atoms with E-state index in [0.717, 1.165) is 0 Å². The van der Waals surface area contributed by atoms with Crippen molar-refractivity contribution in [3.05, 3.63) is 72.8 Å². The molecule has 4 rings (SSSR count). The highest BCUT2D eigenvalue weighted by molar-refractivity contribution is 7.92. The molecule has 1 atom stereocenters. The van der Waals surface area contributed by atoms with Gasteiger partial charge in [0.15, 0.2) is 6.10 Å². The molecule has 0 fully saturated rings. The lowest BCUT2D eigenvalue weighted by molar-refractivity contribution is -0.127. The Balaban J connectivity index is 1.45. The first kappa shape index (κ1) is 24.2. The van der Waals surface area contributed by atoms with Crippen molar-refractivity contribution in [3.8, 4) is 23.0 Å². The molecule has 0 spiro atoms. The summed E-state index contributed by atoms with van der Waals surface area (Å²) in [6.07, 6.45) is -1.03. The zero-order chi connectivity index (χ0) is 24.8. The van der Waals surface area contributed by atoms with Crippen LogP contribution < -0.4 is 28.6 Å². The monoisotopic (exact) mass is 498 g/mol. The summed E-state index contributed by atoms with van der Waals surface area (Å²) in [5.41, 5.74) is 0.369. The van der Waals surface area contributed by atoms with Gasteiger partial charge < -0.3 is 24.3 Å². The maximum absolute atomic E-state index is 13.5. The van der Waals surface area contributed by atoms with Crippen molar-refractivity contribution < 1.29 is 32.2 Å². The summed E-state index contributed by atoms with van der Waals surface area (Å²) in [5.74, 6) is 1.68. The van der Waals surface area contributed by atoms with Gasteiger partial charge in [-0.15, -0.1) is 0 Å². The molecule has 0 bridgehead atoms. The van der Waals surface area contributed by atoms with Crippen molar-refractivity contribution in [3.63, 3.8) is 0 Å². The van der Waals surface area contributed by atoms with E-state index < -0.39 is 22.0 Å². The standard InChI is InChI=1S/C25H26N2O7S/c1-31-18-10-12-21(13-11-18)35(29,30)27-17-24(34-23-9-4-3-8-22(23)27)25(28)26-14-15-33-20-7-5-6-19(16-20)32-2/h3-13,16,24H,14-15,17H2,1-2H3,(H,26,28)/t24-/m1/s1. The van der Waals surface area contributed by atoms with Crippen LogP contribution in [-0.4, -0.2) is 54.3 Å². The van der Waals surface area contributed by atoms with E-state index in [-0.39, 0.29) is 24.6 Å². The molecule has 1 aliphatic heterocycles. The second-order valence-corrected chi connectivity index (χ2v) is 9.47. The first-order valence-electron chi connectivity index (χ1n) is 10.9. The first-order valence-corrected chi connectivity index (χ1v) is 12.3. The molecular formula is C25H26N2O7S. The van der Waals surface area contributed by atoms with Crippen LogP contribution in [0.15, 0.2) is 77.7 Å². The van der Waals surface area contributed by atoms with Crippen LogP contribution in [0.2, 0.25) is 0 Å². The van der Waals surface area contributed by atoms with E-state index in [0.29, 0.717) is 28.7 Å². The van der Waals surface area contributed by atoms with Gasteiger partial charge in [-0.1, -0.05) is 18.2 Å². The molecule has 3 aromatic carbocycles. The van der Waals surface area contributed by atoms with E-state index in [9.17, 15) is 13.2 Å². The Hall–Kier alpha value is -3.92. The molecule has 10 heteroatoms. The number of carbonyl (C=O) groups excluding carboxylic acids is 1. The predicted molar refractivity (Wildman–Crippen MR) is 130 cm³/mol. The molecule has 1 amide bonds. The Morgan fingerprint density at radius 1 is 0.971 bits per heavy atom. The third-order valence-corrected chi connectivity index (χ3v) is 7.18. The fourth-order valence-corrected chi connectivity index (χ4v) is 5.07. The molecule has 0 unspecified atom stereocenters. The summed E-state index contributed by atoms with van der Waals surface area (Å²) in [6, 6.07) is 19.9. The van der Waals surface area contributed by atoms with Crippen molar-refractivity contribution >= 4 is 21.6 Å². The van der Waals surface area contributed by atoms with Crippen LogP contribution in [0.5, 0.6) is 23.0 Å². The number of hydrogen-bond donors (Lipinski definition) is 1. The minimum absolute atomic E-state index is 0.0841. The van der Waals surface area contributed by atoms with E-state index in [4.69, 9.17) is 18.9 Å². The van der Waals surface area contributed by atoms with Gasteiger partial charge in [0.25, 0.3) is 15.9 Å². The predicted octanol–water partition coefficient (Wildman–Crippen LogP) is 2.86. The number of carbonyl (C=O) groups is 1. The Morgan fingerprint density at radius 3 is 2.43 bits per heavy atom. The molecule has 1 aliphatic rings. The number of benzene rings is 3. The number of nitrogens with one attached hydrogen (secondary N) is 1. The van der Waals surface area contributed by atoms with Crippen LogP contribution in [0.1, 0.15) is 0 Å². The average Bonchev–Trinajstić information content (AvgIpc) is 2.90. The molecule has 1 N–H and O–H groups in total. The molecule has 0 saturated heterocycles. The fraction of sp³-hybridized carbons (Fsp3) is 0.240. The van der Waals surface area contributed by atoms with E-state index in [1.807, 2.05) is 0 Å². The van der Waals surface area contributed by atoms with Gasteiger partial charge in [-0.25, -0.2) is 8.42 Å². The van der Waals surface area contributed by atoms with E-state index >= 15 is 0 Å². The van der Waals surface area contributed by atoms with Gasteiger partial charge in [0.2, 0.25) is 0 Å². The highest BCUT2D eigenvalue weighted by Crippen LogP contribution is 2.37. The number of ether oxygens (including phenoxy) is 4. The fourth-order valence-electron chi connectivity index (χ4n) is 3.59. The van der Waals surface area contributed by atoms with E-state index in [1.165, 1.54) is 23.5 Å². The highest BCUT2D eigenvalue weighted by Gasteiger charge is 2.37. The Kier molecular flexibility index (Phi) is 7.31. The average molecular weight is 499 g/mol. The molecular weight excluding hydrogens is 472 g/mol. The van der Waals surface area contributed by atoms with Crippen LogP contribution >= 0.6 is 0 Å². The van der Waals surface area contributed by atoms with Gasteiger partial charge in [0.1, 0.15) is 29.6 Å². The molecule has 0 aromatic heterocycles. The lowest BCUT2D eigenvalue weighted by Gasteiger charge is -2.34. The highest BCUT2D eigenvalue weighted by atomic mass is 32.2. The van der Waals surface area contributed by atoms with Crippen LogP contribution in [0.25, 0.3) is 0 Å². The van der Waals surface area contributed by atoms with Crippen molar-refractivity contribution in [2.75, 3.05) is 38.2 Å². The lowest BCUT2D eigenvalue weighted by Crippen LogP contribution is -2.51. The van der Waals surface area contributed by atoms with Crippen molar-refractivity contribution in [2.24, 2.45) is 0 Å². The van der Waals surface area contributed by atoms with E-state index in [1.54, 1.807) is 67.8 Å². The number of para-hydroxylation sites is 2. The minimum atomic E-state index is -3.95. The van der Waals surface area contributed by atoms with Crippen LogP contribution in [0.3, 0.4) is 0 Å². The third-order valence-electron chi connectivity index (χ3n) is 5.39. The minimum Gasteiger partial charge on any atom is -0.497 e. The van der Waals surface area contributed by atoms with Gasteiger partial charge in [-0.2, -0.15) is 0 Å². The number of anilines is 1. The van der Waals surface area contributed by atoms with Crippen molar-refractivity contribution in [2.45, 2.75) is 11.0 Å². The summed E-state index contributed by atoms with van der Waals surface area (Å²) in [5, 5.41) is 2.75. The first-order chi connectivity index (χ1) is 16.9. The summed E-state index contributed by atoms with van der Waals surface area (Å²) in [4.78, 5) is 12.9. The molecule has 0 aliphatic carbocycles. The quantitative estimate of drug-likeness (QED) is 0.453. The summed E-state index contributed by atoms with van der Waals surface area (Å²) in [6.45, 7) is 0.257. The molecule has 9 nitrogen and oxygen atoms in total. The number of rotatable bonds is 9. The second-order valence-electron chi connectivity index (χ2n) is 7.60. The number of fused-ring (bicyclic) bond motifs is 1. The van der Waals surface area contributed by atoms with Gasteiger partial charge >= 0.3 is 0 Å². The maximum atomic E-state index is 13.5. The topological polar surface area (TPSA) is 103 Å². The molecule has 0 saturated carbocycles. The number of nitrogens with zero attached hydrogens (tertiary/aromatic N) is 1. The normalized spacial score (nSPS) is 14.9. The number of amides is 1. The zero-order valence-electron chi connectivity index (χ0n) is 19.3. The molecule has 1 heterocycles. The SMILES string of the molecule is COc1ccc(S(=O)(=O)N2C[C@H](C(=O)NCCOc3cccc(OC)c3)Oc3ccccc32)cc1. The van der Waals surface area contributed by atoms with Crippen LogP contribution in [0, 0.1) is 0 Å². The van der Waals surface area contributed by atoms with Gasteiger partial charge in [0, 0.05) is 6.07 Å². The number of hydrogen-bond acceptors (Lipinski definition) is 7. The largest absolute Gasteiger partial charge is 0.497 e. The van der Waals surface area contributed by atoms with Gasteiger partial charge in [0.05, 0.1) is 37.9 Å². The maximum Gasteiger partial charge on any atom is 0.264 e. The zero-order valence-corrected chi connectivity index (χ0v) is 20.2. The Bertz CT molecular complexity index is 1280. The summed E-state index contributed by atoms with van der Waals surface area (Å²) < 4.78 is 49.9. The summed E-state index contributed by atoms with van der Waals surface area (Å²) in [7, 11) is -0.878. The molecule has 0 radical (unpaired) electrons. The van der Waals surface area contributed by atoms with E-state index in [2.05, 4.69) is 5.32 Å². The lowest BCUT2D eigenvalue weighted by atomic mass is 10.2. The Morgan fingerprint density at radius 2 is 1.69 bits per heavy atom.